The molecule has 0 aromatic heterocycles. The Balaban J connectivity index is 1.99. The molecule has 0 saturated carbocycles. The maximum Gasteiger partial charge on any atom is 0.429 e. The van der Waals surface area contributed by atoms with Crippen LogP contribution in [0.1, 0.15) is 0 Å². The van der Waals surface area contributed by atoms with Crippen molar-refractivity contribution in [1.82, 2.24) is 0 Å². The summed E-state index contributed by atoms with van der Waals surface area (Å²) >= 11 is 0. The molecule has 0 N–H and O–H groups in total. The lowest BCUT2D eigenvalue weighted by Crippen LogP contribution is -2.31. The van der Waals surface area contributed by atoms with Crippen molar-refractivity contribution in [2.45, 2.75) is 0 Å². The lowest BCUT2D eigenvalue weighted by molar-refractivity contribution is 0.345. The van der Waals surface area contributed by atoms with Gasteiger partial charge in [-0.15, -0.1) is 0 Å². The van der Waals surface area contributed by atoms with Crippen LogP contribution in [0.2, 0.25) is 0 Å². The lowest BCUT2D eigenvalue weighted by Gasteiger charge is -2.25. The molecule has 33 heavy (non-hydrogen) atoms. The normalized spacial score (nSPS) is 11.3. The van der Waals surface area contributed by atoms with E-state index >= 15 is 0 Å². The minimum Gasteiger partial charge on any atom is -0.299 e. The molecule has 0 fully saturated rings. The van der Waals surface area contributed by atoms with Crippen LogP contribution in [0.25, 0.3) is 0 Å². The average Bonchev–Trinajstić information content (AvgIpc) is 2.86. The van der Waals surface area contributed by atoms with Gasteiger partial charge in [-0.05, 0) is 48.5 Å². The lowest BCUT2D eigenvalue weighted by atomic mass is 10.3. The zero-order chi connectivity index (χ0) is 23.6. The van der Waals surface area contributed by atoms with Crippen molar-refractivity contribution < 1.29 is 35.4 Å². The van der Waals surface area contributed by atoms with Crippen molar-refractivity contribution in [3.05, 3.63) is 120 Å². The Bertz CT molecular complexity index is 1200. The SMILES string of the molecule is Fc1ccc(O[P+](Oc2c(F)c(F)c(F)c(F)c2F)(c2ccccc2)c2ccccc2)cc1. The molecule has 0 unspecified atom stereocenters. The van der Waals surface area contributed by atoms with Gasteiger partial charge in [-0.2, -0.15) is 8.78 Å². The van der Waals surface area contributed by atoms with Crippen LogP contribution in [0, 0.1) is 34.9 Å². The predicted octanol–water partition coefficient (Wildman–Crippen LogP) is 6.48. The van der Waals surface area contributed by atoms with Gasteiger partial charge < -0.3 is 0 Å². The highest BCUT2D eigenvalue weighted by atomic mass is 31.2. The third-order valence-corrected chi connectivity index (χ3v) is 7.49. The molecule has 4 rings (SSSR count). The van der Waals surface area contributed by atoms with E-state index in [2.05, 4.69) is 0 Å². The van der Waals surface area contributed by atoms with E-state index in [4.69, 9.17) is 9.05 Å². The van der Waals surface area contributed by atoms with Crippen LogP contribution in [-0.2, 0) is 0 Å². The second-order valence-electron chi connectivity index (χ2n) is 6.76. The van der Waals surface area contributed by atoms with Gasteiger partial charge in [-0.3, -0.25) is 9.05 Å². The fourth-order valence-corrected chi connectivity index (χ4v) is 5.79. The number of benzene rings is 4. The minimum absolute atomic E-state index is 0.0568. The quantitative estimate of drug-likeness (QED) is 0.137. The Morgan fingerprint density at radius 1 is 0.455 bits per heavy atom. The molecule has 0 bridgehead atoms. The van der Waals surface area contributed by atoms with Gasteiger partial charge in [0.1, 0.15) is 5.82 Å². The second-order valence-corrected chi connectivity index (χ2v) is 9.26. The molecule has 0 heterocycles. The summed E-state index contributed by atoms with van der Waals surface area (Å²) in [5.41, 5.74) is 0. The van der Waals surface area contributed by atoms with E-state index in [9.17, 15) is 26.3 Å². The first-order chi connectivity index (χ1) is 15.8. The maximum atomic E-state index is 14.6. The highest BCUT2D eigenvalue weighted by Crippen LogP contribution is 2.58. The van der Waals surface area contributed by atoms with E-state index in [0.29, 0.717) is 0 Å². The summed E-state index contributed by atoms with van der Waals surface area (Å²) in [6, 6.07) is 20.6. The Hall–Kier alpha value is -3.51. The molecule has 0 spiro atoms. The highest BCUT2D eigenvalue weighted by Gasteiger charge is 2.53. The monoisotopic (exact) mass is 479 g/mol. The van der Waals surface area contributed by atoms with Gasteiger partial charge in [0, 0.05) is 0 Å². The van der Waals surface area contributed by atoms with Crippen LogP contribution in [0.3, 0.4) is 0 Å². The number of hydrogen-bond donors (Lipinski definition) is 0. The van der Waals surface area contributed by atoms with Crippen molar-refractivity contribution in [1.29, 1.82) is 0 Å². The van der Waals surface area contributed by atoms with Gasteiger partial charge in [0.2, 0.25) is 29.1 Å². The molecule has 2 nitrogen and oxygen atoms in total. The molecule has 0 aliphatic rings. The van der Waals surface area contributed by atoms with Crippen LogP contribution < -0.4 is 19.7 Å². The maximum absolute atomic E-state index is 14.6. The molecule has 0 atom stereocenters. The fraction of sp³-hybridized carbons (Fsp3) is 0. The van der Waals surface area contributed by atoms with Crippen LogP contribution >= 0.6 is 7.72 Å². The van der Waals surface area contributed by atoms with Gasteiger partial charge in [-0.1, -0.05) is 36.4 Å². The van der Waals surface area contributed by atoms with E-state index in [1.54, 1.807) is 36.4 Å². The van der Waals surface area contributed by atoms with Crippen LogP contribution in [0.15, 0.2) is 84.9 Å². The summed E-state index contributed by atoms with van der Waals surface area (Å²) in [6.45, 7) is 0. The Labute approximate surface area is 185 Å². The minimum atomic E-state index is -3.83. The van der Waals surface area contributed by atoms with E-state index in [1.165, 1.54) is 36.4 Å². The van der Waals surface area contributed by atoms with Gasteiger partial charge in [-0.25, -0.2) is 17.6 Å². The first-order valence-corrected chi connectivity index (χ1v) is 11.1. The molecular weight excluding hydrogens is 465 g/mol. The van der Waals surface area contributed by atoms with E-state index in [0.717, 1.165) is 12.1 Å². The summed E-state index contributed by atoms with van der Waals surface area (Å²) in [5.74, 6) is -12.9. The van der Waals surface area contributed by atoms with Crippen molar-refractivity contribution >= 4 is 18.3 Å². The topological polar surface area (TPSA) is 18.5 Å². The van der Waals surface area contributed by atoms with E-state index < -0.39 is 48.4 Å². The summed E-state index contributed by atoms with van der Waals surface area (Å²) < 4.78 is 96.0. The zero-order valence-electron chi connectivity index (χ0n) is 16.6. The highest BCUT2D eigenvalue weighted by molar-refractivity contribution is 7.81. The van der Waals surface area contributed by atoms with Crippen LogP contribution in [0.4, 0.5) is 26.3 Å². The first-order valence-electron chi connectivity index (χ1n) is 9.50. The van der Waals surface area contributed by atoms with E-state index in [1.807, 2.05) is 0 Å². The first kappa shape index (κ1) is 22.7. The van der Waals surface area contributed by atoms with Gasteiger partial charge in [0.15, 0.2) is 16.4 Å². The van der Waals surface area contributed by atoms with Gasteiger partial charge in [0.25, 0.3) is 5.75 Å². The average molecular weight is 479 g/mol. The largest absolute Gasteiger partial charge is 0.429 e. The molecule has 0 amide bonds. The zero-order valence-corrected chi connectivity index (χ0v) is 17.5. The molecular formula is C24H14F6O2P+. The number of hydrogen-bond acceptors (Lipinski definition) is 2. The van der Waals surface area contributed by atoms with Crippen molar-refractivity contribution in [3.63, 3.8) is 0 Å². The summed E-state index contributed by atoms with van der Waals surface area (Å²) in [7, 11) is -3.83. The summed E-state index contributed by atoms with van der Waals surface area (Å²) in [5, 5.41) is 0.564. The molecule has 0 radical (unpaired) electrons. The molecule has 4 aromatic carbocycles. The molecule has 168 valence electrons. The predicted molar refractivity (Wildman–Crippen MR) is 113 cm³/mol. The molecule has 4 aromatic rings. The Morgan fingerprint density at radius 2 is 0.879 bits per heavy atom. The number of rotatable bonds is 6. The molecule has 0 saturated heterocycles. The van der Waals surface area contributed by atoms with Crippen molar-refractivity contribution in [2.75, 3.05) is 0 Å². The molecule has 0 aliphatic heterocycles. The summed E-state index contributed by atoms with van der Waals surface area (Å²) in [6.07, 6.45) is 0. The number of halogens is 6. The Morgan fingerprint density at radius 3 is 1.33 bits per heavy atom. The van der Waals surface area contributed by atoms with Gasteiger partial charge in [0.05, 0.1) is 0 Å². The smallest absolute Gasteiger partial charge is 0.299 e. The van der Waals surface area contributed by atoms with Crippen molar-refractivity contribution in [3.8, 4) is 11.5 Å². The standard InChI is InChI=1S/C24H14F6O2P/c25-15-11-13-16(14-12-15)31-33(17-7-3-1-4-8-17,18-9-5-2-6-10-18)32-24-22(29)20(27)19(26)21(28)23(24)30/h1-14H/q+1. The second kappa shape index (κ2) is 9.16. The van der Waals surface area contributed by atoms with Crippen molar-refractivity contribution in [2.24, 2.45) is 0 Å². The molecule has 9 heteroatoms. The van der Waals surface area contributed by atoms with Crippen LogP contribution in [-0.4, -0.2) is 0 Å². The van der Waals surface area contributed by atoms with E-state index in [-0.39, 0.29) is 16.4 Å². The molecule has 0 aliphatic carbocycles. The summed E-state index contributed by atoms with van der Waals surface area (Å²) in [4.78, 5) is 0. The Kier molecular flexibility index (Phi) is 6.29. The van der Waals surface area contributed by atoms with Crippen LogP contribution in [0.5, 0.6) is 11.5 Å². The third-order valence-electron chi connectivity index (χ3n) is 4.63. The third kappa shape index (κ3) is 4.26. The fourth-order valence-electron chi connectivity index (χ4n) is 3.06. The van der Waals surface area contributed by atoms with Gasteiger partial charge >= 0.3 is 7.72 Å².